The molecule has 0 spiro atoms. The number of benzene rings is 1. The van der Waals surface area contributed by atoms with E-state index in [4.69, 9.17) is 5.73 Å². The lowest BCUT2D eigenvalue weighted by atomic mass is 10.1. The number of nitrogens with zero attached hydrogens (tertiary/aromatic N) is 1. The average molecular weight is 240 g/mol. The summed E-state index contributed by atoms with van der Waals surface area (Å²) < 4.78 is 27.6. The molecule has 2 N–H and O–H groups in total. The maximum atomic E-state index is 13.8. The third-order valence-electron chi connectivity index (χ3n) is 3.07. The lowest BCUT2D eigenvalue weighted by Gasteiger charge is -2.23. The quantitative estimate of drug-likeness (QED) is 0.871. The summed E-state index contributed by atoms with van der Waals surface area (Å²) in [4.78, 5) is 1.76. The fourth-order valence-corrected chi connectivity index (χ4v) is 2.28. The first-order valence-corrected chi connectivity index (χ1v) is 5.95. The molecule has 94 valence electrons. The molecule has 0 aliphatic carbocycles. The number of hydrogen-bond donors (Lipinski definition) is 1. The fourth-order valence-electron chi connectivity index (χ4n) is 2.28. The van der Waals surface area contributed by atoms with E-state index in [2.05, 4.69) is 0 Å². The predicted molar refractivity (Wildman–Crippen MR) is 64.1 cm³/mol. The SMILES string of the molecule is NC1CCN(CC(F)(F)Cc2ccccc2)C1. The van der Waals surface area contributed by atoms with Crippen molar-refractivity contribution in [2.24, 2.45) is 5.73 Å². The molecule has 1 atom stereocenters. The van der Waals surface area contributed by atoms with Crippen LogP contribution in [0, 0.1) is 0 Å². The molecule has 1 saturated heterocycles. The van der Waals surface area contributed by atoms with Crippen LogP contribution >= 0.6 is 0 Å². The van der Waals surface area contributed by atoms with E-state index in [1.165, 1.54) is 0 Å². The van der Waals surface area contributed by atoms with Gasteiger partial charge in [-0.3, -0.25) is 4.90 Å². The highest BCUT2D eigenvalue weighted by Crippen LogP contribution is 2.23. The summed E-state index contributed by atoms with van der Waals surface area (Å²) in [6, 6.07) is 8.95. The maximum Gasteiger partial charge on any atom is 0.264 e. The third kappa shape index (κ3) is 3.75. The van der Waals surface area contributed by atoms with Gasteiger partial charge in [-0.05, 0) is 18.5 Å². The summed E-state index contributed by atoms with van der Waals surface area (Å²) in [6.45, 7) is 1.09. The number of nitrogens with two attached hydrogens (primary N) is 1. The topological polar surface area (TPSA) is 29.3 Å². The van der Waals surface area contributed by atoms with Gasteiger partial charge in [0, 0.05) is 19.0 Å². The first-order chi connectivity index (χ1) is 8.05. The van der Waals surface area contributed by atoms with E-state index in [1.807, 2.05) is 6.07 Å². The van der Waals surface area contributed by atoms with Gasteiger partial charge in [-0.1, -0.05) is 30.3 Å². The molecule has 17 heavy (non-hydrogen) atoms. The Hall–Kier alpha value is -1.00. The van der Waals surface area contributed by atoms with Crippen molar-refractivity contribution in [2.75, 3.05) is 19.6 Å². The Bertz CT molecular complexity index is 354. The van der Waals surface area contributed by atoms with Crippen molar-refractivity contribution in [3.8, 4) is 0 Å². The van der Waals surface area contributed by atoms with Crippen LogP contribution in [-0.2, 0) is 6.42 Å². The molecule has 0 bridgehead atoms. The summed E-state index contributed by atoms with van der Waals surface area (Å²) in [5.41, 5.74) is 6.39. The molecular weight excluding hydrogens is 222 g/mol. The van der Waals surface area contributed by atoms with Gasteiger partial charge in [0.2, 0.25) is 0 Å². The van der Waals surface area contributed by atoms with Crippen molar-refractivity contribution in [3.05, 3.63) is 35.9 Å². The Labute approximate surface area is 100 Å². The Morgan fingerprint density at radius 2 is 2.00 bits per heavy atom. The van der Waals surface area contributed by atoms with Gasteiger partial charge in [-0.25, -0.2) is 8.78 Å². The van der Waals surface area contributed by atoms with Gasteiger partial charge in [-0.15, -0.1) is 0 Å². The highest BCUT2D eigenvalue weighted by molar-refractivity contribution is 5.16. The number of alkyl halides is 2. The van der Waals surface area contributed by atoms with E-state index in [1.54, 1.807) is 29.2 Å². The van der Waals surface area contributed by atoms with E-state index < -0.39 is 5.92 Å². The van der Waals surface area contributed by atoms with Crippen molar-refractivity contribution < 1.29 is 8.78 Å². The molecule has 1 aliphatic rings. The minimum absolute atomic E-state index is 0.0579. The minimum atomic E-state index is -2.68. The average Bonchev–Trinajstić information content (AvgIpc) is 2.63. The monoisotopic (exact) mass is 240 g/mol. The van der Waals surface area contributed by atoms with Crippen LogP contribution < -0.4 is 5.73 Å². The van der Waals surface area contributed by atoms with Crippen LogP contribution in [0.4, 0.5) is 8.78 Å². The van der Waals surface area contributed by atoms with Gasteiger partial charge in [-0.2, -0.15) is 0 Å². The highest BCUT2D eigenvalue weighted by atomic mass is 19.3. The summed E-state index contributed by atoms with van der Waals surface area (Å²) in [6.07, 6.45) is 0.626. The molecule has 1 heterocycles. The largest absolute Gasteiger partial charge is 0.326 e. The summed E-state index contributed by atoms with van der Waals surface area (Å²) in [5.74, 6) is -2.68. The standard InChI is InChI=1S/C13H18F2N2/c14-13(15,8-11-4-2-1-3-5-11)10-17-7-6-12(16)9-17/h1-5,12H,6-10,16H2. The molecule has 0 amide bonds. The second kappa shape index (κ2) is 5.10. The molecule has 1 unspecified atom stereocenters. The van der Waals surface area contributed by atoms with Crippen LogP contribution in [0.3, 0.4) is 0 Å². The predicted octanol–water partition coefficient (Wildman–Crippen LogP) is 1.90. The first-order valence-electron chi connectivity index (χ1n) is 5.95. The molecular formula is C13H18F2N2. The normalized spacial score (nSPS) is 21.9. The van der Waals surface area contributed by atoms with E-state index in [0.29, 0.717) is 18.7 Å². The van der Waals surface area contributed by atoms with Crippen LogP contribution in [0.1, 0.15) is 12.0 Å². The highest BCUT2D eigenvalue weighted by Gasteiger charge is 2.34. The zero-order chi connectivity index (χ0) is 12.3. The van der Waals surface area contributed by atoms with Crippen LogP contribution in [0.5, 0.6) is 0 Å². The zero-order valence-corrected chi connectivity index (χ0v) is 9.78. The molecule has 0 saturated carbocycles. The number of halogens is 2. The van der Waals surface area contributed by atoms with Gasteiger partial charge >= 0.3 is 0 Å². The molecule has 1 aliphatic heterocycles. The lowest BCUT2D eigenvalue weighted by Crippen LogP contribution is -2.38. The molecule has 1 aromatic carbocycles. The Balaban J connectivity index is 1.90. The van der Waals surface area contributed by atoms with Crippen LogP contribution in [0.2, 0.25) is 0 Å². The Morgan fingerprint density at radius 1 is 1.29 bits per heavy atom. The number of rotatable bonds is 4. The molecule has 0 aromatic heterocycles. The second-order valence-corrected chi connectivity index (χ2v) is 4.80. The molecule has 4 heteroatoms. The van der Waals surface area contributed by atoms with Crippen molar-refractivity contribution in [1.82, 2.24) is 4.90 Å². The molecule has 0 radical (unpaired) electrons. The van der Waals surface area contributed by atoms with E-state index in [9.17, 15) is 8.78 Å². The summed E-state index contributed by atoms with van der Waals surface area (Å²) in [5, 5.41) is 0. The summed E-state index contributed by atoms with van der Waals surface area (Å²) in [7, 11) is 0. The van der Waals surface area contributed by atoms with Gasteiger partial charge in [0.05, 0.1) is 6.54 Å². The van der Waals surface area contributed by atoms with Gasteiger partial charge in [0.15, 0.2) is 0 Å². The number of hydrogen-bond acceptors (Lipinski definition) is 2. The molecule has 2 rings (SSSR count). The third-order valence-corrected chi connectivity index (χ3v) is 3.07. The maximum absolute atomic E-state index is 13.8. The lowest BCUT2D eigenvalue weighted by molar-refractivity contribution is -0.0266. The Kier molecular flexibility index (Phi) is 3.74. The zero-order valence-electron chi connectivity index (χ0n) is 9.78. The van der Waals surface area contributed by atoms with Crippen molar-refractivity contribution >= 4 is 0 Å². The van der Waals surface area contributed by atoms with Crippen molar-refractivity contribution in [2.45, 2.75) is 24.8 Å². The van der Waals surface area contributed by atoms with E-state index >= 15 is 0 Å². The first kappa shape index (κ1) is 12.5. The van der Waals surface area contributed by atoms with Crippen molar-refractivity contribution in [1.29, 1.82) is 0 Å². The van der Waals surface area contributed by atoms with Gasteiger partial charge < -0.3 is 5.73 Å². The van der Waals surface area contributed by atoms with E-state index in [-0.39, 0.29) is 19.0 Å². The van der Waals surface area contributed by atoms with Crippen LogP contribution in [-0.4, -0.2) is 36.5 Å². The molecule has 1 aromatic rings. The van der Waals surface area contributed by atoms with Crippen molar-refractivity contribution in [3.63, 3.8) is 0 Å². The molecule has 1 fully saturated rings. The minimum Gasteiger partial charge on any atom is -0.326 e. The Morgan fingerprint density at radius 3 is 2.59 bits per heavy atom. The van der Waals surface area contributed by atoms with Gasteiger partial charge in [0.25, 0.3) is 5.92 Å². The molecule has 2 nitrogen and oxygen atoms in total. The van der Waals surface area contributed by atoms with Crippen LogP contribution in [0.25, 0.3) is 0 Å². The summed E-state index contributed by atoms with van der Waals surface area (Å²) >= 11 is 0. The number of likely N-dealkylation sites (tertiary alicyclic amines) is 1. The van der Waals surface area contributed by atoms with E-state index in [0.717, 1.165) is 6.42 Å². The van der Waals surface area contributed by atoms with Crippen LogP contribution in [0.15, 0.2) is 30.3 Å². The van der Waals surface area contributed by atoms with Gasteiger partial charge in [0.1, 0.15) is 0 Å². The smallest absolute Gasteiger partial charge is 0.264 e. The second-order valence-electron chi connectivity index (χ2n) is 4.80. The fraction of sp³-hybridized carbons (Fsp3) is 0.538.